The molecule has 3 aromatic carbocycles. The van der Waals surface area contributed by atoms with Crippen LogP contribution >= 0.6 is 0 Å². The summed E-state index contributed by atoms with van der Waals surface area (Å²) in [4.78, 5) is 25.5. The van der Waals surface area contributed by atoms with Crippen LogP contribution in [0.2, 0.25) is 0 Å². The van der Waals surface area contributed by atoms with Gasteiger partial charge in [0.15, 0.2) is 5.78 Å². The number of Topliss-reactive ketones (excluding diaryl/α,β-unsaturated/α-hetero) is 1. The number of hydrogen-bond donors (Lipinski definition) is 3. The molecule has 0 aliphatic rings. The third-order valence-corrected chi connectivity index (χ3v) is 4.47. The molecule has 0 saturated heterocycles. The molecule has 0 aromatic heterocycles. The van der Waals surface area contributed by atoms with Crippen molar-refractivity contribution in [3.05, 3.63) is 101 Å². The van der Waals surface area contributed by atoms with Gasteiger partial charge in [0, 0.05) is 23.1 Å². The Kier molecular flexibility index (Phi) is 5.65. The van der Waals surface area contributed by atoms with Gasteiger partial charge in [-0.05, 0) is 42.3 Å². The number of nitrogen functional groups attached to an aromatic ring is 1. The van der Waals surface area contributed by atoms with Gasteiger partial charge in [-0.2, -0.15) is 0 Å². The van der Waals surface area contributed by atoms with Crippen molar-refractivity contribution < 1.29 is 9.59 Å². The van der Waals surface area contributed by atoms with Crippen LogP contribution in [-0.2, 0) is 6.42 Å². The van der Waals surface area contributed by atoms with Crippen LogP contribution in [0.15, 0.2) is 72.8 Å². The van der Waals surface area contributed by atoms with Gasteiger partial charge in [-0.25, -0.2) is 0 Å². The topological polar surface area (TPSA) is 96.0 Å². The minimum atomic E-state index is -0.253. The maximum Gasteiger partial charge on any atom is 0.255 e. The number of carbonyl (C=O) groups excluding carboxylic acids is 2. The normalized spacial score (nSPS) is 10.3. The van der Waals surface area contributed by atoms with Crippen LogP contribution in [0.1, 0.15) is 37.4 Å². The molecule has 0 aliphatic heterocycles. The number of rotatable bonds is 6. The summed E-state index contributed by atoms with van der Waals surface area (Å²) < 4.78 is 0. The Morgan fingerprint density at radius 2 is 1.61 bits per heavy atom. The van der Waals surface area contributed by atoms with Gasteiger partial charge >= 0.3 is 0 Å². The summed E-state index contributed by atoms with van der Waals surface area (Å²) in [5.41, 5.74) is 9.21. The van der Waals surface area contributed by atoms with E-state index in [1.807, 2.05) is 25.1 Å². The zero-order valence-corrected chi connectivity index (χ0v) is 15.5. The van der Waals surface area contributed by atoms with Crippen molar-refractivity contribution in [1.82, 2.24) is 0 Å². The Bertz CT molecular complexity index is 1060. The van der Waals surface area contributed by atoms with Crippen molar-refractivity contribution >= 4 is 23.2 Å². The van der Waals surface area contributed by atoms with E-state index in [-0.39, 0.29) is 23.9 Å². The molecule has 5 heteroatoms. The van der Waals surface area contributed by atoms with Gasteiger partial charge in [0.2, 0.25) is 0 Å². The number of anilines is 1. The molecular weight excluding hydrogens is 350 g/mol. The number of nitrogens with one attached hydrogen (secondary N) is 2. The molecule has 4 N–H and O–H groups in total. The zero-order chi connectivity index (χ0) is 20.1. The average molecular weight is 371 g/mol. The number of carbonyl (C=O) groups is 2. The molecule has 140 valence electrons. The van der Waals surface area contributed by atoms with Gasteiger partial charge in [0.25, 0.3) is 5.91 Å². The van der Waals surface area contributed by atoms with Gasteiger partial charge < -0.3 is 11.1 Å². The average Bonchev–Trinajstić information content (AvgIpc) is 2.68. The molecule has 3 aromatic rings. The van der Waals surface area contributed by atoms with E-state index < -0.39 is 0 Å². The second-order valence-electron chi connectivity index (χ2n) is 6.53. The van der Waals surface area contributed by atoms with E-state index in [9.17, 15) is 9.59 Å². The predicted octanol–water partition coefficient (Wildman–Crippen LogP) is 3.96. The molecule has 0 aliphatic carbocycles. The van der Waals surface area contributed by atoms with Gasteiger partial charge in [0.05, 0.1) is 5.69 Å². The Balaban J connectivity index is 1.83. The monoisotopic (exact) mass is 371 g/mol. The quantitative estimate of drug-likeness (QED) is 0.348. The Hall–Kier alpha value is -3.73. The second-order valence-corrected chi connectivity index (χ2v) is 6.53. The fraction of sp³-hybridized carbons (Fsp3) is 0.0870. The highest BCUT2D eigenvalue weighted by Gasteiger charge is 2.15. The number of amides is 1. The summed E-state index contributed by atoms with van der Waals surface area (Å²) in [6, 6.07) is 21.3. The summed E-state index contributed by atoms with van der Waals surface area (Å²) in [6.07, 6.45) is 0.151. The van der Waals surface area contributed by atoms with E-state index in [4.69, 9.17) is 11.1 Å². The summed E-state index contributed by atoms with van der Waals surface area (Å²) in [6.45, 7) is 1.87. The van der Waals surface area contributed by atoms with Crippen molar-refractivity contribution in [2.75, 3.05) is 5.32 Å². The lowest BCUT2D eigenvalue weighted by Crippen LogP contribution is -2.16. The number of aryl methyl sites for hydroxylation is 1. The highest BCUT2D eigenvalue weighted by molar-refractivity contribution is 6.10. The number of para-hydroxylation sites is 1. The first-order chi connectivity index (χ1) is 13.5. The number of ketones is 1. The molecule has 0 fully saturated rings. The number of nitrogens with two attached hydrogens (primary N) is 1. The minimum absolute atomic E-state index is 0.0415. The van der Waals surface area contributed by atoms with E-state index >= 15 is 0 Å². The predicted molar refractivity (Wildman–Crippen MR) is 111 cm³/mol. The van der Waals surface area contributed by atoms with E-state index in [0.29, 0.717) is 22.4 Å². The van der Waals surface area contributed by atoms with Crippen molar-refractivity contribution in [2.24, 2.45) is 5.73 Å². The molecule has 0 radical (unpaired) electrons. The number of benzene rings is 3. The molecule has 1 amide bonds. The number of amidine groups is 1. The lowest BCUT2D eigenvalue weighted by molar-refractivity contribution is 0.0994. The minimum Gasteiger partial charge on any atom is -0.384 e. The first kappa shape index (κ1) is 19.0. The van der Waals surface area contributed by atoms with Crippen LogP contribution in [0.25, 0.3) is 0 Å². The van der Waals surface area contributed by atoms with Crippen LogP contribution in [0.4, 0.5) is 5.69 Å². The Morgan fingerprint density at radius 3 is 2.32 bits per heavy atom. The summed E-state index contributed by atoms with van der Waals surface area (Å²) in [5.74, 6) is -0.418. The molecule has 0 unspecified atom stereocenters. The molecular formula is C23H21N3O2. The first-order valence-corrected chi connectivity index (χ1v) is 8.88. The van der Waals surface area contributed by atoms with Crippen molar-refractivity contribution in [3.63, 3.8) is 0 Å². The van der Waals surface area contributed by atoms with Crippen LogP contribution in [0.5, 0.6) is 0 Å². The smallest absolute Gasteiger partial charge is 0.255 e. The molecule has 0 heterocycles. The van der Waals surface area contributed by atoms with Gasteiger partial charge in [-0.1, -0.05) is 48.5 Å². The van der Waals surface area contributed by atoms with Gasteiger partial charge in [-0.15, -0.1) is 0 Å². The van der Waals surface area contributed by atoms with Crippen molar-refractivity contribution in [3.8, 4) is 0 Å². The highest BCUT2D eigenvalue weighted by Crippen LogP contribution is 2.20. The highest BCUT2D eigenvalue weighted by atomic mass is 16.1. The van der Waals surface area contributed by atoms with E-state index in [2.05, 4.69) is 5.32 Å². The molecule has 5 nitrogen and oxygen atoms in total. The molecule has 0 spiro atoms. The van der Waals surface area contributed by atoms with Crippen LogP contribution in [0.3, 0.4) is 0 Å². The third-order valence-electron chi connectivity index (χ3n) is 4.47. The fourth-order valence-corrected chi connectivity index (χ4v) is 2.98. The van der Waals surface area contributed by atoms with Gasteiger partial charge in [-0.3, -0.25) is 15.0 Å². The fourth-order valence-electron chi connectivity index (χ4n) is 2.98. The SMILES string of the molecule is Cc1ccccc1C(=O)Nc1ccccc1C(=O)Cc1cccc(C(=N)N)c1. The largest absolute Gasteiger partial charge is 0.384 e. The van der Waals surface area contributed by atoms with Crippen LogP contribution in [0, 0.1) is 12.3 Å². The van der Waals surface area contributed by atoms with Gasteiger partial charge in [0.1, 0.15) is 5.84 Å². The maximum absolute atomic E-state index is 12.9. The maximum atomic E-state index is 12.9. The molecule has 3 rings (SSSR count). The molecule has 0 atom stereocenters. The lowest BCUT2D eigenvalue weighted by atomic mass is 9.99. The second kappa shape index (κ2) is 8.31. The molecule has 28 heavy (non-hydrogen) atoms. The Labute approximate surface area is 163 Å². The standard InChI is InChI=1S/C23H21N3O2/c1-15-7-2-3-10-18(15)23(28)26-20-12-5-4-11-19(20)21(27)14-16-8-6-9-17(13-16)22(24)25/h2-13H,14H2,1H3,(H3,24,25)(H,26,28). The first-order valence-electron chi connectivity index (χ1n) is 8.88. The lowest BCUT2D eigenvalue weighted by Gasteiger charge is -2.12. The van der Waals surface area contributed by atoms with E-state index in [1.165, 1.54) is 0 Å². The van der Waals surface area contributed by atoms with E-state index in [0.717, 1.165) is 11.1 Å². The van der Waals surface area contributed by atoms with E-state index in [1.54, 1.807) is 54.6 Å². The summed E-state index contributed by atoms with van der Waals surface area (Å²) in [5, 5.41) is 10.4. The molecule has 0 saturated carbocycles. The number of hydrogen-bond acceptors (Lipinski definition) is 3. The van der Waals surface area contributed by atoms with Crippen LogP contribution < -0.4 is 11.1 Å². The molecule has 0 bridgehead atoms. The summed E-state index contributed by atoms with van der Waals surface area (Å²) in [7, 11) is 0. The summed E-state index contributed by atoms with van der Waals surface area (Å²) >= 11 is 0. The third kappa shape index (κ3) is 4.32. The van der Waals surface area contributed by atoms with Crippen molar-refractivity contribution in [2.45, 2.75) is 13.3 Å². The van der Waals surface area contributed by atoms with Crippen molar-refractivity contribution in [1.29, 1.82) is 5.41 Å². The zero-order valence-electron chi connectivity index (χ0n) is 15.5. The Morgan fingerprint density at radius 1 is 0.929 bits per heavy atom. The van der Waals surface area contributed by atoms with Crippen LogP contribution in [-0.4, -0.2) is 17.5 Å².